The van der Waals surface area contributed by atoms with Gasteiger partial charge in [-0.2, -0.15) is 0 Å². The number of piperazine rings is 1. The molecule has 3 nitrogen and oxygen atoms in total. The van der Waals surface area contributed by atoms with Crippen LogP contribution in [0.25, 0.3) is 0 Å². The molecular weight excluding hydrogens is 186 g/mol. The van der Waals surface area contributed by atoms with Crippen LogP contribution in [0.2, 0.25) is 0 Å². The molecule has 1 aromatic rings. The van der Waals surface area contributed by atoms with Gasteiger partial charge in [-0.25, -0.2) is 0 Å². The van der Waals surface area contributed by atoms with Gasteiger partial charge in [-0.05, 0) is 19.1 Å². The van der Waals surface area contributed by atoms with E-state index in [2.05, 4.69) is 41.0 Å². The van der Waals surface area contributed by atoms with Crippen LogP contribution in [-0.2, 0) is 0 Å². The largest absolute Gasteiger partial charge is 0.369 e. The lowest BCUT2D eigenvalue weighted by Crippen LogP contribution is -2.48. The third-order valence-corrected chi connectivity index (χ3v) is 3.03. The number of aryl methyl sites for hydroxylation is 1. The quantitative estimate of drug-likeness (QED) is 0.783. The van der Waals surface area contributed by atoms with Crippen LogP contribution < -0.4 is 10.6 Å². The zero-order valence-electron chi connectivity index (χ0n) is 9.32. The van der Waals surface area contributed by atoms with E-state index in [1.807, 2.05) is 0 Å². The molecule has 1 aliphatic rings. The minimum atomic E-state index is 0.682. The Morgan fingerprint density at radius 1 is 1.07 bits per heavy atom. The van der Waals surface area contributed by atoms with E-state index in [-0.39, 0.29) is 0 Å². The van der Waals surface area contributed by atoms with Crippen LogP contribution in [0.15, 0.2) is 24.3 Å². The SMILES string of the molecule is Cc1ccc(N2CCN(CN)CC2)cc1. The van der Waals surface area contributed by atoms with Crippen LogP contribution in [0.4, 0.5) is 5.69 Å². The lowest BCUT2D eigenvalue weighted by atomic mass is 10.2. The number of benzene rings is 1. The van der Waals surface area contributed by atoms with Crippen molar-refractivity contribution in [1.29, 1.82) is 0 Å². The first-order chi connectivity index (χ1) is 7.29. The number of rotatable bonds is 2. The topological polar surface area (TPSA) is 32.5 Å². The molecule has 2 rings (SSSR count). The monoisotopic (exact) mass is 205 g/mol. The van der Waals surface area contributed by atoms with Crippen LogP contribution in [0.1, 0.15) is 5.56 Å². The van der Waals surface area contributed by atoms with E-state index in [1.165, 1.54) is 11.3 Å². The number of nitrogens with zero attached hydrogens (tertiary/aromatic N) is 2. The van der Waals surface area contributed by atoms with Crippen LogP contribution in [0.3, 0.4) is 0 Å². The van der Waals surface area contributed by atoms with Crippen molar-refractivity contribution in [3.05, 3.63) is 29.8 Å². The van der Waals surface area contributed by atoms with E-state index < -0.39 is 0 Å². The molecule has 1 fully saturated rings. The predicted molar refractivity (Wildman–Crippen MR) is 64.0 cm³/mol. The summed E-state index contributed by atoms with van der Waals surface area (Å²) in [7, 11) is 0. The van der Waals surface area contributed by atoms with Crippen molar-refractivity contribution >= 4 is 5.69 Å². The van der Waals surface area contributed by atoms with Gasteiger partial charge in [0.2, 0.25) is 0 Å². The second kappa shape index (κ2) is 4.64. The molecule has 1 heterocycles. The fraction of sp³-hybridized carbons (Fsp3) is 0.500. The van der Waals surface area contributed by atoms with Gasteiger partial charge in [0.05, 0.1) is 0 Å². The van der Waals surface area contributed by atoms with Crippen molar-refractivity contribution in [2.45, 2.75) is 6.92 Å². The van der Waals surface area contributed by atoms with Crippen molar-refractivity contribution in [2.24, 2.45) is 5.73 Å². The molecule has 0 amide bonds. The molecule has 0 radical (unpaired) electrons. The van der Waals surface area contributed by atoms with E-state index in [1.54, 1.807) is 0 Å². The van der Waals surface area contributed by atoms with Crippen LogP contribution in [0.5, 0.6) is 0 Å². The molecule has 2 N–H and O–H groups in total. The van der Waals surface area contributed by atoms with E-state index in [0.717, 1.165) is 26.2 Å². The first-order valence-electron chi connectivity index (χ1n) is 5.53. The minimum Gasteiger partial charge on any atom is -0.369 e. The van der Waals surface area contributed by atoms with Crippen LogP contribution in [-0.4, -0.2) is 37.7 Å². The summed E-state index contributed by atoms with van der Waals surface area (Å²) in [6.07, 6.45) is 0. The van der Waals surface area contributed by atoms with Crippen molar-refractivity contribution < 1.29 is 0 Å². The highest BCUT2D eigenvalue weighted by Gasteiger charge is 2.15. The highest BCUT2D eigenvalue weighted by molar-refractivity contribution is 5.47. The Morgan fingerprint density at radius 3 is 2.20 bits per heavy atom. The Bertz CT molecular complexity index is 299. The van der Waals surface area contributed by atoms with E-state index in [9.17, 15) is 0 Å². The van der Waals surface area contributed by atoms with E-state index >= 15 is 0 Å². The van der Waals surface area contributed by atoms with Crippen molar-refractivity contribution in [3.63, 3.8) is 0 Å². The van der Waals surface area contributed by atoms with Crippen LogP contribution in [0, 0.1) is 6.92 Å². The van der Waals surface area contributed by atoms with Gasteiger partial charge < -0.3 is 10.6 Å². The van der Waals surface area contributed by atoms with Gasteiger partial charge >= 0.3 is 0 Å². The summed E-state index contributed by atoms with van der Waals surface area (Å²) in [5.41, 5.74) is 8.26. The summed E-state index contributed by atoms with van der Waals surface area (Å²) in [6, 6.07) is 8.75. The third-order valence-electron chi connectivity index (χ3n) is 3.03. The molecule has 0 saturated carbocycles. The predicted octanol–water partition coefficient (Wildman–Crippen LogP) is 1.03. The summed E-state index contributed by atoms with van der Waals surface area (Å²) < 4.78 is 0. The van der Waals surface area contributed by atoms with Gasteiger partial charge in [0, 0.05) is 38.5 Å². The molecule has 1 aromatic carbocycles. The Kier molecular flexibility index (Phi) is 3.23. The fourth-order valence-electron chi connectivity index (χ4n) is 1.94. The molecule has 0 spiro atoms. The molecule has 0 aromatic heterocycles. The van der Waals surface area contributed by atoms with Crippen molar-refractivity contribution in [3.8, 4) is 0 Å². The smallest absolute Gasteiger partial charge is 0.0456 e. The van der Waals surface area contributed by atoms with Gasteiger partial charge in [-0.1, -0.05) is 17.7 Å². The summed E-state index contributed by atoms with van der Waals surface area (Å²) >= 11 is 0. The first kappa shape index (κ1) is 10.5. The Hall–Kier alpha value is -1.06. The molecule has 15 heavy (non-hydrogen) atoms. The number of hydrogen-bond donors (Lipinski definition) is 1. The van der Waals surface area contributed by atoms with Gasteiger partial charge in [-0.3, -0.25) is 4.90 Å². The highest BCUT2D eigenvalue weighted by Crippen LogP contribution is 2.16. The second-order valence-electron chi connectivity index (χ2n) is 4.12. The Balaban J connectivity index is 1.98. The van der Waals surface area contributed by atoms with Crippen molar-refractivity contribution in [1.82, 2.24) is 4.90 Å². The third kappa shape index (κ3) is 2.49. The van der Waals surface area contributed by atoms with Crippen LogP contribution >= 0.6 is 0 Å². The molecular formula is C12H19N3. The average Bonchev–Trinajstić information content (AvgIpc) is 2.30. The van der Waals surface area contributed by atoms with E-state index in [4.69, 9.17) is 5.73 Å². The zero-order chi connectivity index (χ0) is 10.7. The average molecular weight is 205 g/mol. The Morgan fingerprint density at radius 2 is 1.67 bits per heavy atom. The molecule has 0 atom stereocenters. The molecule has 1 saturated heterocycles. The molecule has 0 unspecified atom stereocenters. The second-order valence-corrected chi connectivity index (χ2v) is 4.12. The molecule has 1 aliphatic heterocycles. The maximum absolute atomic E-state index is 5.61. The summed E-state index contributed by atoms with van der Waals surface area (Å²) in [6.45, 7) is 7.12. The van der Waals surface area contributed by atoms with E-state index in [0.29, 0.717) is 6.67 Å². The number of nitrogens with two attached hydrogens (primary N) is 1. The minimum absolute atomic E-state index is 0.682. The van der Waals surface area contributed by atoms with Gasteiger partial charge in [-0.15, -0.1) is 0 Å². The van der Waals surface area contributed by atoms with Gasteiger partial charge in [0.1, 0.15) is 0 Å². The fourth-order valence-corrected chi connectivity index (χ4v) is 1.94. The molecule has 3 heteroatoms. The number of anilines is 1. The maximum atomic E-state index is 5.61. The maximum Gasteiger partial charge on any atom is 0.0456 e. The number of hydrogen-bond acceptors (Lipinski definition) is 3. The summed E-state index contributed by atoms with van der Waals surface area (Å²) in [5.74, 6) is 0. The zero-order valence-corrected chi connectivity index (χ0v) is 9.32. The van der Waals surface area contributed by atoms with Crippen molar-refractivity contribution in [2.75, 3.05) is 37.7 Å². The highest BCUT2D eigenvalue weighted by atomic mass is 15.3. The summed E-state index contributed by atoms with van der Waals surface area (Å²) in [5, 5.41) is 0. The molecule has 82 valence electrons. The van der Waals surface area contributed by atoms with Gasteiger partial charge in [0.25, 0.3) is 0 Å². The lowest BCUT2D eigenvalue weighted by Gasteiger charge is -2.35. The molecule has 0 aliphatic carbocycles. The first-order valence-corrected chi connectivity index (χ1v) is 5.53. The summed E-state index contributed by atoms with van der Waals surface area (Å²) in [4.78, 5) is 4.70. The molecule has 0 bridgehead atoms. The Labute approximate surface area is 91.5 Å². The van der Waals surface area contributed by atoms with Gasteiger partial charge in [0.15, 0.2) is 0 Å². The normalized spacial score (nSPS) is 18.1. The lowest BCUT2D eigenvalue weighted by molar-refractivity contribution is 0.265. The standard InChI is InChI=1S/C12H19N3/c1-11-2-4-12(5-3-11)15-8-6-14(10-13)7-9-15/h2-5H,6-10,13H2,1H3.